The standard InChI is InChI=1S/C22H23ClFN7O2/c1-22(2,3)33-21(32)31-10-12-6-13(31)9-30(12)17-5-4-15-19(29-17)20(27-11-26-15)28-16-8-25-7-14(23)18(16)24/h4-5,7-8,11-13H,6,9-10H2,1-3H3,(H,26,27,28)/t12-,13-/m0/s1. The summed E-state index contributed by atoms with van der Waals surface area (Å²) in [5, 5.41) is 2.84. The molecule has 0 saturated carbocycles. The smallest absolute Gasteiger partial charge is 0.410 e. The Morgan fingerprint density at radius 1 is 1.21 bits per heavy atom. The molecule has 2 atom stereocenters. The summed E-state index contributed by atoms with van der Waals surface area (Å²) in [7, 11) is 0. The van der Waals surface area contributed by atoms with E-state index in [1.54, 1.807) is 4.90 Å². The molecule has 172 valence electrons. The number of halogens is 2. The third kappa shape index (κ3) is 4.10. The number of hydrogen-bond acceptors (Lipinski definition) is 8. The molecule has 5 heterocycles. The fraction of sp³-hybridized carbons (Fsp3) is 0.409. The van der Waals surface area contributed by atoms with Crippen molar-refractivity contribution in [1.29, 1.82) is 0 Å². The lowest BCUT2D eigenvalue weighted by Crippen LogP contribution is -2.50. The number of fused-ring (bicyclic) bond motifs is 3. The molecule has 0 unspecified atom stereocenters. The minimum atomic E-state index is -0.617. The number of nitrogens with one attached hydrogen (secondary N) is 1. The van der Waals surface area contributed by atoms with Crippen molar-refractivity contribution in [3.63, 3.8) is 0 Å². The van der Waals surface area contributed by atoms with Crippen LogP contribution in [0.15, 0.2) is 30.9 Å². The maximum Gasteiger partial charge on any atom is 0.410 e. The molecule has 11 heteroatoms. The molecule has 3 aromatic heterocycles. The summed E-state index contributed by atoms with van der Waals surface area (Å²) in [6.45, 7) is 6.83. The minimum Gasteiger partial charge on any atom is -0.444 e. The van der Waals surface area contributed by atoms with Gasteiger partial charge >= 0.3 is 6.09 Å². The van der Waals surface area contributed by atoms with Crippen LogP contribution in [0, 0.1) is 5.82 Å². The Morgan fingerprint density at radius 3 is 2.76 bits per heavy atom. The van der Waals surface area contributed by atoms with E-state index in [1.165, 1.54) is 18.7 Å². The van der Waals surface area contributed by atoms with E-state index in [9.17, 15) is 9.18 Å². The Labute approximate surface area is 194 Å². The molecule has 0 radical (unpaired) electrons. The number of aromatic nitrogens is 4. The number of rotatable bonds is 3. The summed E-state index contributed by atoms with van der Waals surface area (Å²) in [5.41, 5.74) is 0.690. The van der Waals surface area contributed by atoms with Crippen molar-refractivity contribution in [3.05, 3.63) is 41.7 Å². The first kappa shape index (κ1) is 21.6. The summed E-state index contributed by atoms with van der Waals surface area (Å²) in [5.74, 6) is 0.486. The topological polar surface area (TPSA) is 96.4 Å². The van der Waals surface area contributed by atoms with E-state index in [0.29, 0.717) is 29.9 Å². The second kappa shape index (κ2) is 7.95. The second-order valence-corrected chi connectivity index (χ2v) is 9.60. The Morgan fingerprint density at radius 2 is 2.03 bits per heavy atom. The van der Waals surface area contributed by atoms with Crippen LogP contribution in [0.5, 0.6) is 0 Å². The van der Waals surface area contributed by atoms with E-state index in [2.05, 4.69) is 25.2 Å². The Kier molecular flexibility index (Phi) is 5.19. The average molecular weight is 472 g/mol. The zero-order valence-electron chi connectivity index (χ0n) is 18.4. The number of carbonyl (C=O) groups is 1. The van der Waals surface area contributed by atoms with Gasteiger partial charge in [-0.25, -0.2) is 24.1 Å². The molecule has 2 saturated heterocycles. The van der Waals surface area contributed by atoms with Crippen molar-refractivity contribution in [2.24, 2.45) is 0 Å². The lowest BCUT2D eigenvalue weighted by molar-refractivity contribution is 0.0214. The summed E-state index contributed by atoms with van der Waals surface area (Å²) in [4.78, 5) is 33.7. The summed E-state index contributed by atoms with van der Waals surface area (Å²) in [6, 6.07) is 3.97. The zero-order chi connectivity index (χ0) is 23.3. The average Bonchev–Trinajstić information content (AvgIpc) is 3.37. The van der Waals surface area contributed by atoms with Crippen molar-refractivity contribution in [2.75, 3.05) is 23.3 Å². The van der Waals surface area contributed by atoms with Crippen molar-refractivity contribution in [2.45, 2.75) is 44.9 Å². The van der Waals surface area contributed by atoms with Gasteiger partial charge in [-0.1, -0.05) is 11.6 Å². The van der Waals surface area contributed by atoms with Gasteiger partial charge in [-0.3, -0.25) is 4.98 Å². The van der Waals surface area contributed by atoms with Crippen LogP contribution in [-0.2, 0) is 4.74 Å². The highest BCUT2D eigenvalue weighted by molar-refractivity contribution is 6.30. The van der Waals surface area contributed by atoms with E-state index in [0.717, 1.165) is 12.2 Å². The lowest BCUT2D eigenvalue weighted by atomic mass is 10.2. The molecule has 0 aliphatic carbocycles. The van der Waals surface area contributed by atoms with Gasteiger partial charge < -0.3 is 19.9 Å². The number of amides is 1. The molecule has 1 amide bonds. The van der Waals surface area contributed by atoms with E-state index in [1.807, 2.05) is 32.9 Å². The van der Waals surface area contributed by atoms with E-state index < -0.39 is 11.4 Å². The fourth-order valence-electron chi connectivity index (χ4n) is 4.31. The molecule has 33 heavy (non-hydrogen) atoms. The molecule has 3 aromatic rings. The monoisotopic (exact) mass is 471 g/mol. The first-order valence-electron chi connectivity index (χ1n) is 10.6. The van der Waals surface area contributed by atoms with E-state index in [-0.39, 0.29) is 28.9 Å². The van der Waals surface area contributed by atoms with Crippen LogP contribution >= 0.6 is 11.6 Å². The summed E-state index contributed by atoms with van der Waals surface area (Å²) >= 11 is 5.85. The first-order valence-corrected chi connectivity index (χ1v) is 11.0. The number of carbonyl (C=O) groups excluding carboxylic acids is 1. The fourth-order valence-corrected chi connectivity index (χ4v) is 4.47. The summed E-state index contributed by atoms with van der Waals surface area (Å²) < 4.78 is 19.9. The van der Waals surface area contributed by atoms with Gasteiger partial charge in [0.25, 0.3) is 0 Å². The molecular formula is C22H23ClFN7O2. The SMILES string of the molecule is CC(C)(C)OC(=O)N1C[C@@H]2C[C@H]1CN2c1ccc2ncnc(Nc3cncc(Cl)c3F)c2n1. The van der Waals surface area contributed by atoms with Crippen LogP contribution in [0.2, 0.25) is 5.02 Å². The molecule has 0 aromatic carbocycles. The molecule has 0 spiro atoms. The third-order valence-corrected chi connectivity index (χ3v) is 5.98. The highest BCUT2D eigenvalue weighted by atomic mass is 35.5. The molecule has 2 aliphatic rings. The third-order valence-electron chi connectivity index (χ3n) is 5.72. The minimum absolute atomic E-state index is 0.0681. The Hall–Kier alpha value is -3.27. The maximum absolute atomic E-state index is 14.4. The molecule has 2 fully saturated rings. The second-order valence-electron chi connectivity index (χ2n) is 9.20. The van der Waals surface area contributed by atoms with Gasteiger partial charge in [0.15, 0.2) is 11.6 Å². The van der Waals surface area contributed by atoms with Crippen molar-refractivity contribution in [1.82, 2.24) is 24.8 Å². The van der Waals surface area contributed by atoms with Gasteiger partial charge in [-0.2, -0.15) is 0 Å². The van der Waals surface area contributed by atoms with Gasteiger partial charge in [0, 0.05) is 19.3 Å². The molecule has 1 N–H and O–H groups in total. The first-order chi connectivity index (χ1) is 15.7. The Balaban J connectivity index is 1.39. The van der Waals surface area contributed by atoms with Crippen LogP contribution in [-0.4, -0.2) is 61.7 Å². The van der Waals surface area contributed by atoms with Crippen molar-refractivity contribution < 1.29 is 13.9 Å². The zero-order valence-corrected chi connectivity index (χ0v) is 19.2. The van der Waals surface area contributed by atoms with Crippen molar-refractivity contribution in [3.8, 4) is 0 Å². The highest BCUT2D eigenvalue weighted by Gasteiger charge is 2.47. The number of likely N-dealkylation sites (tertiary alicyclic amines) is 1. The molecular weight excluding hydrogens is 449 g/mol. The number of pyridine rings is 2. The number of hydrogen-bond donors (Lipinski definition) is 1. The normalized spacial score (nSPS) is 19.9. The van der Waals surface area contributed by atoms with Gasteiger partial charge in [0.05, 0.1) is 34.5 Å². The van der Waals surface area contributed by atoms with Crippen LogP contribution in [0.1, 0.15) is 27.2 Å². The largest absolute Gasteiger partial charge is 0.444 e. The lowest BCUT2D eigenvalue weighted by Gasteiger charge is -2.35. The number of ether oxygens (including phenoxy) is 1. The van der Waals surface area contributed by atoms with Gasteiger partial charge in [-0.05, 0) is 39.3 Å². The van der Waals surface area contributed by atoms with Gasteiger partial charge in [0.2, 0.25) is 0 Å². The maximum atomic E-state index is 14.4. The molecule has 2 bridgehead atoms. The predicted octanol–water partition coefficient (Wildman–Crippen LogP) is 4.15. The van der Waals surface area contributed by atoms with Gasteiger partial charge in [-0.15, -0.1) is 0 Å². The van der Waals surface area contributed by atoms with Gasteiger partial charge in [0.1, 0.15) is 23.3 Å². The van der Waals surface area contributed by atoms with Crippen LogP contribution in [0.3, 0.4) is 0 Å². The van der Waals surface area contributed by atoms with Crippen LogP contribution in [0.25, 0.3) is 11.0 Å². The van der Waals surface area contributed by atoms with Crippen LogP contribution in [0.4, 0.5) is 26.5 Å². The Bertz CT molecular complexity index is 1240. The van der Waals surface area contributed by atoms with E-state index >= 15 is 0 Å². The number of nitrogens with zero attached hydrogens (tertiary/aromatic N) is 6. The molecule has 9 nitrogen and oxygen atoms in total. The summed E-state index contributed by atoms with van der Waals surface area (Å²) in [6.07, 6.45) is 4.54. The van der Waals surface area contributed by atoms with Crippen molar-refractivity contribution >= 4 is 46.1 Å². The van der Waals surface area contributed by atoms with E-state index in [4.69, 9.17) is 21.3 Å². The molecule has 2 aliphatic heterocycles. The predicted molar refractivity (Wildman–Crippen MR) is 122 cm³/mol. The molecule has 5 rings (SSSR count). The highest BCUT2D eigenvalue weighted by Crippen LogP contribution is 2.36. The number of anilines is 3. The van der Waals surface area contributed by atoms with Crippen LogP contribution < -0.4 is 10.2 Å². The quantitative estimate of drug-likeness (QED) is 0.608. The number of piperazine rings is 1.